The number of hydrogen-bond donors (Lipinski definition) is 1. The van der Waals surface area contributed by atoms with Crippen LogP contribution in [0.25, 0.3) is 0 Å². The number of hydrogen-bond acceptors (Lipinski definition) is 3. The zero-order valence-corrected chi connectivity index (χ0v) is 11.9. The minimum atomic E-state index is 0.949. The topological polar surface area (TPSA) is 18.5 Å². The molecule has 0 aromatic rings. The van der Waals surface area contributed by atoms with Crippen molar-refractivity contribution in [1.29, 1.82) is 0 Å². The molecule has 0 radical (unpaired) electrons. The van der Waals surface area contributed by atoms with Crippen LogP contribution in [0.15, 0.2) is 0 Å². The number of piperidine rings is 2. The first-order chi connectivity index (χ1) is 8.81. The third kappa shape index (κ3) is 3.06. The molecular formula is C15H29N3. The van der Waals surface area contributed by atoms with Gasteiger partial charge in [0.05, 0.1) is 0 Å². The van der Waals surface area contributed by atoms with Crippen molar-refractivity contribution in [3.05, 3.63) is 0 Å². The minimum Gasteiger partial charge on any atom is -0.316 e. The van der Waals surface area contributed by atoms with Gasteiger partial charge in [-0.1, -0.05) is 0 Å². The van der Waals surface area contributed by atoms with Gasteiger partial charge < -0.3 is 15.1 Å². The molecular weight excluding hydrogens is 222 g/mol. The molecule has 3 fully saturated rings. The maximum atomic E-state index is 3.38. The molecule has 3 heterocycles. The Kier molecular flexibility index (Phi) is 4.22. The quantitative estimate of drug-likeness (QED) is 0.815. The van der Waals surface area contributed by atoms with Gasteiger partial charge in [0.25, 0.3) is 0 Å². The van der Waals surface area contributed by atoms with Crippen molar-refractivity contribution >= 4 is 0 Å². The van der Waals surface area contributed by atoms with Crippen LogP contribution in [0.5, 0.6) is 0 Å². The summed E-state index contributed by atoms with van der Waals surface area (Å²) < 4.78 is 0. The zero-order chi connectivity index (χ0) is 12.4. The summed E-state index contributed by atoms with van der Waals surface area (Å²) in [6.07, 6.45) is 5.84. The van der Waals surface area contributed by atoms with Gasteiger partial charge in [0, 0.05) is 19.6 Å². The Hall–Kier alpha value is -0.120. The molecule has 0 aromatic carbocycles. The summed E-state index contributed by atoms with van der Waals surface area (Å²) in [4.78, 5) is 5.21. The second-order valence-corrected chi connectivity index (χ2v) is 6.80. The summed E-state index contributed by atoms with van der Waals surface area (Å²) in [5.41, 5.74) is 0. The molecule has 18 heavy (non-hydrogen) atoms. The van der Waals surface area contributed by atoms with Gasteiger partial charge in [0.2, 0.25) is 0 Å². The molecule has 104 valence electrons. The Bertz CT molecular complexity index is 248. The summed E-state index contributed by atoms with van der Waals surface area (Å²) in [6.45, 7) is 9.27. The molecule has 0 bridgehead atoms. The second kappa shape index (κ2) is 5.89. The van der Waals surface area contributed by atoms with Crippen LogP contribution in [-0.4, -0.2) is 62.7 Å². The summed E-state index contributed by atoms with van der Waals surface area (Å²) >= 11 is 0. The zero-order valence-electron chi connectivity index (χ0n) is 11.9. The van der Waals surface area contributed by atoms with Crippen molar-refractivity contribution in [2.45, 2.75) is 25.7 Å². The summed E-state index contributed by atoms with van der Waals surface area (Å²) in [6, 6.07) is 0. The highest BCUT2D eigenvalue weighted by molar-refractivity contribution is 4.84. The molecule has 0 spiro atoms. The highest BCUT2D eigenvalue weighted by Gasteiger charge is 2.30. The van der Waals surface area contributed by atoms with Gasteiger partial charge in [0.1, 0.15) is 0 Å². The average Bonchev–Trinajstić information content (AvgIpc) is 2.36. The standard InChI is InChI=1S/C15H29N3/c1-17-6-2-14(3-7-17)15-4-8-18(9-5-15)12-13-10-16-11-13/h13-16H,2-12H2,1H3. The van der Waals surface area contributed by atoms with E-state index in [1.165, 1.54) is 71.5 Å². The van der Waals surface area contributed by atoms with Crippen LogP contribution >= 0.6 is 0 Å². The number of nitrogens with zero attached hydrogens (tertiary/aromatic N) is 2. The molecule has 0 aromatic heterocycles. The van der Waals surface area contributed by atoms with E-state index in [4.69, 9.17) is 0 Å². The van der Waals surface area contributed by atoms with Crippen LogP contribution in [0.1, 0.15) is 25.7 Å². The van der Waals surface area contributed by atoms with Gasteiger partial charge in [-0.15, -0.1) is 0 Å². The van der Waals surface area contributed by atoms with Gasteiger partial charge in [-0.3, -0.25) is 0 Å². The fourth-order valence-corrected chi connectivity index (χ4v) is 3.95. The van der Waals surface area contributed by atoms with Gasteiger partial charge in [0.15, 0.2) is 0 Å². The van der Waals surface area contributed by atoms with Crippen molar-refractivity contribution in [1.82, 2.24) is 15.1 Å². The lowest BCUT2D eigenvalue weighted by Gasteiger charge is -2.41. The highest BCUT2D eigenvalue weighted by atomic mass is 15.1. The van der Waals surface area contributed by atoms with E-state index in [2.05, 4.69) is 22.2 Å². The van der Waals surface area contributed by atoms with Crippen molar-refractivity contribution in [3.8, 4) is 0 Å². The van der Waals surface area contributed by atoms with E-state index in [1.54, 1.807) is 0 Å². The lowest BCUT2D eigenvalue weighted by atomic mass is 9.78. The molecule has 3 heteroatoms. The Morgan fingerprint density at radius 2 is 1.44 bits per heavy atom. The van der Waals surface area contributed by atoms with Crippen LogP contribution in [-0.2, 0) is 0 Å². The molecule has 3 aliphatic rings. The van der Waals surface area contributed by atoms with Crippen LogP contribution in [0.2, 0.25) is 0 Å². The van der Waals surface area contributed by atoms with E-state index in [0.29, 0.717) is 0 Å². The van der Waals surface area contributed by atoms with E-state index >= 15 is 0 Å². The van der Waals surface area contributed by atoms with E-state index in [0.717, 1.165) is 17.8 Å². The molecule has 3 rings (SSSR count). The normalized spacial score (nSPS) is 30.5. The number of likely N-dealkylation sites (tertiary alicyclic amines) is 2. The van der Waals surface area contributed by atoms with Gasteiger partial charge in [-0.2, -0.15) is 0 Å². The first-order valence-corrected chi connectivity index (χ1v) is 7.93. The van der Waals surface area contributed by atoms with Crippen LogP contribution in [0.4, 0.5) is 0 Å². The molecule has 3 saturated heterocycles. The van der Waals surface area contributed by atoms with E-state index < -0.39 is 0 Å². The first kappa shape index (κ1) is 12.9. The molecule has 3 nitrogen and oxygen atoms in total. The predicted octanol–water partition coefficient (Wildman–Crippen LogP) is 1.26. The molecule has 0 saturated carbocycles. The maximum absolute atomic E-state index is 3.38. The molecule has 0 unspecified atom stereocenters. The number of nitrogens with one attached hydrogen (secondary N) is 1. The fourth-order valence-electron chi connectivity index (χ4n) is 3.95. The highest BCUT2D eigenvalue weighted by Crippen LogP contribution is 2.32. The minimum absolute atomic E-state index is 0.949. The van der Waals surface area contributed by atoms with Crippen LogP contribution in [0.3, 0.4) is 0 Å². The lowest BCUT2D eigenvalue weighted by molar-refractivity contribution is 0.0904. The predicted molar refractivity (Wildman–Crippen MR) is 75.7 cm³/mol. The fraction of sp³-hybridized carbons (Fsp3) is 1.00. The Morgan fingerprint density at radius 1 is 0.889 bits per heavy atom. The molecule has 0 atom stereocenters. The van der Waals surface area contributed by atoms with Crippen molar-refractivity contribution in [2.24, 2.45) is 17.8 Å². The van der Waals surface area contributed by atoms with Crippen molar-refractivity contribution in [3.63, 3.8) is 0 Å². The summed E-state index contributed by atoms with van der Waals surface area (Å²) in [7, 11) is 2.27. The van der Waals surface area contributed by atoms with Gasteiger partial charge in [-0.25, -0.2) is 0 Å². The maximum Gasteiger partial charge on any atom is 0.00340 e. The van der Waals surface area contributed by atoms with E-state index in [-0.39, 0.29) is 0 Å². The third-order valence-electron chi connectivity index (χ3n) is 5.44. The van der Waals surface area contributed by atoms with Crippen molar-refractivity contribution in [2.75, 3.05) is 52.9 Å². The van der Waals surface area contributed by atoms with Crippen molar-refractivity contribution < 1.29 is 0 Å². The summed E-state index contributed by atoms with van der Waals surface area (Å²) in [5, 5.41) is 3.38. The number of rotatable bonds is 3. The van der Waals surface area contributed by atoms with Crippen LogP contribution in [0, 0.1) is 17.8 Å². The monoisotopic (exact) mass is 251 g/mol. The van der Waals surface area contributed by atoms with E-state index in [9.17, 15) is 0 Å². The average molecular weight is 251 g/mol. The van der Waals surface area contributed by atoms with Gasteiger partial charge >= 0.3 is 0 Å². The van der Waals surface area contributed by atoms with Crippen LogP contribution < -0.4 is 5.32 Å². The smallest absolute Gasteiger partial charge is 0.00340 e. The Balaban J connectivity index is 1.39. The lowest BCUT2D eigenvalue weighted by Crippen LogP contribution is -2.50. The Labute approximate surface area is 112 Å². The van der Waals surface area contributed by atoms with E-state index in [1.807, 2.05) is 0 Å². The molecule has 0 amide bonds. The third-order valence-corrected chi connectivity index (χ3v) is 5.44. The molecule has 3 aliphatic heterocycles. The SMILES string of the molecule is CN1CCC(C2CCN(CC3CNC3)CC2)CC1. The van der Waals surface area contributed by atoms with Gasteiger partial charge in [-0.05, 0) is 76.7 Å². The molecule has 1 N–H and O–H groups in total. The summed E-state index contributed by atoms with van der Waals surface area (Å²) in [5.74, 6) is 3.02. The largest absolute Gasteiger partial charge is 0.316 e. The Morgan fingerprint density at radius 3 is 1.94 bits per heavy atom. The molecule has 0 aliphatic carbocycles. The second-order valence-electron chi connectivity index (χ2n) is 6.80. The first-order valence-electron chi connectivity index (χ1n) is 7.93.